The Bertz CT molecular complexity index is 1050. The summed E-state index contributed by atoms with van der Waals surface area (Å²) in [5.41, 5.74) is 1.57. The smallest absolute Gasteiger partial charge is 0.270 e. The van der Waals surface area contributed by atoms with Gasteiger partial charge in [0.2, 0.25) is 0 Å². The van der Waals surface area contributed by atoms with Crippen LogP contribution in [-0.2, 0) is 0 Å². The Morgan fingerprint density at radius 1 is 1.19 bits per heavy atom. The lowest BCUT2D eigenvalue weighted by atomic mass is 9.98. The van der Waals surface area contributed by atoms with Crippen LogP contribution in [0.4, 0.5) is 5.69 Å². The number of nitro groups is 1. The van der Waals surface area contributed by atoms with Gasteiger partial charge in [0.05, 0.1) is 23.2 Å². The van der Waals surface area contributed by atoms with E-state index >= 15 is 0 Å². The molecule has 0 unspecified atom stereocenters. The molecule has 0 atom stereocenters. The van der Waals surface area contributed by atoms with Gasteiger partial charge in [0, 0.05) is 17.7 Å². The average Bonchev–Trinajstić information content (AvgIpc) is 2.67. The average molecular weight is 344 g/mol. The topological polar surface area (TPSA) is 76.2 Å². The quantitative estimate of drug-likeness (QED) is 0.275. The Kier molecular flexibility index (Phi) is 4.95. The molecule has 0 aliphatic rings. The standard InChI is InChI=1S/C21H16N2O3/c1-2-26-21-11-10-15-6-3-4-9-19(15)20(21)13-17(14-22)16-7-5-8-18(12-16)23(24)25/h3-13H,2H2,1H3/b17-13-. The summed E-state index contributed by atoms with van der Waals surface area (Å²) in [6.45, 7) is 2.40. The molecule has 0 aliphatic carbocycles. The first kappa shape index (κ1) is 17.2. The van der Waals surface area contributed by atoms with Gasteiger partial charge in [-0.1, -0.05) is 42.5 Å². The number of ether oxygens (including phenoxy) is 1. The van der Waals surface area contributed by atoms with Crippen molar-refractivity contribution < 1.29 is 9.66 Å². The zero-order valence-corrected chi connectivity index (χ0v) is 14.2. The maximum atomic E-state index is 11.0. The first-order valence-electron chi connectivity index (χ1n) is 8.15. The molecule has 5 nitrogen and oxygen atoms in total. The monoisotopic (exact) mass is 344 g/mol. The van der Waals surface area contributed by atoms with Crippen LogP contribution in [0.1, 0.15) is 18.1 Å². The van der Waals surface area contributed by atoms with E-state index in [1.165, 1.54) is 12.1 Å². The number of benzene rings is 3. The molecule has 0 aliphatic heterocycles. The van der Waals surface area contributed by atoms with Gasteiger partial charge in [0.25, 0.3) is 5.69 Å². The number of nitro benzene ring substituents is 1. The molecule has 0 bridgehead atoms. The predicted octanol–water partition coefficient (Wildman–Crippen LogP) is 5.21. The Morgan fingerprint density at radius 2 is 2.00 bits per heavy atom. The van der Waals surface area contributed by atoms with Crippen LogP contribution >= 0.6 is 0 Å². The minimum atomic E-state index is -0.470. The normalized spacial score (nSPS) is 11.2. The molecule has 26 heavy (non-hydrogen) atoms. The minimum Gasteiger partial charge on any atom is -0.493 e. The molecular formula is C21H16N2O3. The number of allylic oxidation sites excluding steroid dienone is 1. The number of hydrogen-bond acceptors (Lipinski definition) is 4. The summed E-state index contributed by atoms with van der Waals surface area (Å²) in [5, 5.41) is 22.6. The molecule has 0 heterocycles. The fourth-order valence-electron chi connectivity index (χ4n) is 2.82. The first-order valence-corrected chi connectivity index (χ1v) is 8.15. The maximum Gasteiger partial charge on any atom is 0.270 e. The molecule has 3 aromatic carbocycles. The molecule has 5 heteroatoms. The Balaban J connectivity index is 2.21. The van der Waals surface area contributed by atoms with Crippen molar-refractivity contribution in [3.05, 3.63) is 81.9 Å². The Hall–Kier alpha value is -3.65. The summed E-state index contributed by atoms with van der Waals surface area (Å²) >= 11 is 0. The van der Waals surface area contributed by atoms with Crippen molar-refractivity contribution in [1.29, 1.82) is 5.26 Å². The second-order valence-electron chi connectivity index (χ2n) is 5.61. The largest absolute Gasteiger partial charge is 0.493 e. The van der Waals surface area contributed by atoms with E-state index in [1.54, 1.807) is 18.2 Å². The highest BCUT2D eigenvalue weighted by Gasteiger charge is 2.12. The summed E-state index contributed by atoms with van der Waals surface area (Å²) < 4.78 is 5.73. The van der Waals surface area contributed by atoms with Gasteiger partial charge in [-0.15, -0.1) is 0 Å². The van der Waals surface area contributed by atoms with E-state index < -0.39 is 4.92 Å². The van der Waals surface area contributed by atoms with Gasteiger partial charge in [-0.2, -0.15) is 5.26 Å². The lowest BCUT2D eigenvalue weighted by Gasteiger charge is -2.11. The molecule has 0 saturated heterocycles. The third kappa shape index (κ3) is 3.40. The van der Waals surface area contributed by atoms with E-state index in [4.69, 9.17) is 4.74 Å². The molecule has 0 amide bonds. The summed E-state index contributed by atoms with van der Waals surface area (Å²) in [7, 11) is 0. The molecule has 0 aromatic heterocycles. The van der Waals surface area contributed by atoms with Crippen LogP contribution in [-0.4, -0.2) is 11.5 Å². The van der Waals surface area contributed by atoms with Crippen LogP contribution in [0.2, 0.25) is 0 Å². The third-order valence-electron chi connectivity index (χ3n) is 4.01. The number of nitriles is 1. The molecule has 0 fully saturated rings. The minimum absolute atomic E-state index is 0.0494. The Labute approximate surface area is 150 Å². The van der Waals surface area contributed by atoms with Gasteiger partial charge in [0.1, 0.15) is 5.75 Å². The lowest BCUT2D eigenvalue weighted by Crippen LogP contribution is -1.95. The second-order valence-corrected chi connectivity index (χ2v) is 5.61. The number of fused-ring (bicyclic) bond motifs is 1. The molecule has 0 radical (unpaired) electrons. The highest BCUT2D eigenvalue weighted by Crippen LogP contribution is 2.32. The SMILES string of the molecule is CCOc1ccc2ccccc2c1/C=C(/C#N)c1cccc([N+](=O)[O-])c1. The summed E-state index contributed by atoms with van der Waals surface area (Å²) in [6, 6.07) is 19.9. The maximum absolute atomic E-state index is 11.0. The Morgan fingerprint density at radius 3 is 2.73 bits per heavy atom. The zero-order valence-electron chi connectivity index (χ0n) is 14.2. The van der Waals surface area contributed by atoms with Crippen molar-refractivity contribution in [3.63, 3.8) is 0 Å². The molecular weight excluding hydrogens is 328 g/mol. The van der Waals surface area contributed by atoms with Crippen molar-refractivity contribution in [2.75, 3.05) is 6.61 Å². The van der Waals surface area contributed by atoms with Gasteiger partial charge >= 0.3 is 0 Å². The lowest BCUT2D eigenvalue weighted by molar-refractivity contribution is -0.384. The van der Waals surface area contributed by atoms with Crippen LogP contribution in [0.15, 0.2) is 60.7 Å². The van der Waals surface area contributed by atoms with E-state index in [-0.39, 0.29) is 5.69 Å². The summed E-state index contributed by atoms with van der Waals surface area (Å²) in [5.74, 6) is 0.671. The van der Waals surface area contributed by atoms with E-state index in [1.807, 2.05) is 43.3 Å². The summed E-state index contributed by atoms with van der Waals surface area (Å²) in [6.07, 6.45) is 1.73. The number of rotatable bonds is 5. The molecule has 0 spiro atoms. The van der Waals surface area contributed by atoms with E-state index in [9.17, 15) is 15.4 Å². The third-order valence-corrected chi connectivity index (χ3v) is 4.01. The zero-order chi connectivity index (χ0) is 18.5. The van der Waals surface area contributed by atoms with Crippen molar-refractivity contribution in [2.24, 2.45) is 0 Å². The van der Waals surface area contributed by atoms with Crippen molar-refractivity contribution in [1.82, 2.24) is 0 Å². The highest BCUT2D eigenvalue weighted by atomic mass is 16.6. The van der Waals surface area contributed by atoms with Crippen LogP contribution in [0, 0.1) is 21.4 Å². The number of hydrogen-bond donors (Lipinski definition) is 0. The molecule has 3 rings (SSSR count). The van der Waals surface area contributed by atoms with Crippen LogP contribution in [0.5, 0.6) is 5.75 Å². The van der Waals surface area contributed by atoms with Gasteiger partial charge in [-0.3, -0.25) is 10.1 Å². The van der Waals surface area contributed by atoms with Gasteiger partial charge in [-0.25, -0.2) is 0 Å². The second kappa shape index (κ2) is 7.49. The van der Waals surface area contributed by atoms with Crippen molar-refractivity contribution in [2.45, 2.75) is 6.92 Å². The molecule has 128 valence electrons. The van der Waals surface area contributed by atoms with Gasteiger partial charge in [-0.05, 0) is 35.4 Å². The van der Waals surface area contributed by atoms with Crippen LogP contribution in [0.25, 0.3) is 22.4 Å². The van der Waals surface area contributed by atoms with Crippen molar-refractivity contribution in [3.8, 4) is 11.8 Å². The van der Waals surface area contributed by atoms with Crippen LogP contribution in [0.3, 0.4) is 0 Å². The first-order chi connectivity index (χ1) is 12.6. The molecule has 3 aromatic rings. The predicted molar refractivity (Wildman–Crippen MR) is 102 cm³/mol. The number of non-ortho nitro benzene ring substituents is 1. The van der Waals surface area contributed by atoms with E-state index in [2.05, 4.69) is 6.07 Å². The van der Waals surface area contributed by atoms with E-state index in [0.717, 1.165) is 16.3 Å². The van der Waals surface area contributed by atoms with Gasteiger partial charge < -0.3 is 4.74 Å². The molecule has 0 N–H and O–H groups in total. The van der Waals surface area contributed by atoms with E-state index in [0.29, 0.717) is 23.5 Å². The van der Waals surface area contributed by atoms with Gasteiger partial charge in [0.15, 0.2) is 0 Å². The van der Waals surface area contributed by atoms with Crippen molar-refractivity contribution >= 4 is 28.1 Å². The summed E-state index contributed by atoms with van der Waals surface area (Å²) in [4.78, 5) is 10.5. The van der Waals surface area contributed by atoms with Crippen LogP contribution < -0.4 is 4.74 Å². The fourth-order valence-corrected chi connectivity index (χ4v) is 2.82. The number of nitrogens with zero attached hydrogens (tertiary/aromatic N) is 2. The highest BCUT2D eigenvalue weighted by molar-refractivity contribution is 6.00. The molecule has 0 saturated carbocycles. The fraction of sp³-hybridized carbons (Fsp3) is 0.0952.